The summed E-state index contributed by atoms with van der Waals surface area (Å²) in [5.74, 6) is -0.0121. The molecule has 0 rings (SSSR count). The van der Waals surface area contributed by atoms with Crippen LogP contribution in [0.3, 0.4) is 0 Å². The second kappa shape index (κ2) is 82.5. The maximum atomic E-state index is 12.6. The summed E-state index contributed by atoms with van der Waals surface area (Å²) in [5.41, 5.74) is 0. The smallest absolute Gasteiger partial charge is 0.305 e. The first kappa shape index (κ1) is 91.1. The van der Waals surface area contributed by atoms with Crippen LogP contribution in [0.25, 0.3) is 0 Å². The first-order chi connectivity index (χ1) is 46.0. The van der Waals surface area contributed by atoms with E-state index in [0.717, 1.165) is 51.4 Å². The van der Waals surface area contributed by atoms with Crippen molar-refractivity contribution in [1.82, 2.24) is 5.32 Å². The van der Waals surface area contributed by atoms with Crippen LogP contribution >= 0.6 is 0 Å². The lowest BCUT2D eigenvalue weighted by Gasteiger charge is -2.22. The summed E-state index contributed by atoms with van der Waals surface area (Å²) in [4.78, 5) is 24.7. The predicted octanol–water partition coefficient (Wildman–Crippen LogP) is 28.6. The van der Waals surface area contributed by atoms with Crippen LogP contribution in [-0.2, 0) is 14.3 Å². The van der Waals surface area contributed by atoms with E-state index in [1.54, 1.807) is 0 Å². The van der Waals surface area contributed by atoms with E-state index < -0.39 is 12.1 Å². The molecule has 2 unspecified atom stereocenters. The normalized spacial score (nSPS) is 12.6. The number of hydrogen-bond acceptors (Lipinski definition) is 5. The molecule has 0 radical (unpaired) electrons. The second-order valence-electron chi connectivity index (χ2n) is 29.5. The highest BCUT2D eigenvalue weighted by atomic mass is 16.5. The van der Waals surface area contributed by atoms with E-state index in [0.29, 0.717) is 25.9 Å². The Labute approximate surface area is 583 Å². The van der Waals surface area contributed by atoms with Crippen molar-refractivity contribution in [1.29, 1.82) is 0 Å². The highest BCUT2D eigenvalue weighted by molar-refractivity contribution is 5.76. The van der Waals surface area contributed by atoms with E-state index >= 15 is 0 Å². The molecule has 2 atom stereocenters. The van der Waals surface area contributed by atoms with E-state index in [-0.39, 0.29) is 18.5 Å². The van der Waals surface area contributed by atoms with Crippen LogP contribution in [-0.4, -0.2) is 47.4 Å². The summed E-state index contributed by atoms with van der Waals surface area (Å²) in [6.07, 6.45) is 108. The van der Waals surface area contributed by atoms with E-state index in [2.05, 4.69) is 55.6 Å². The number of allylic oxidation sites excluding steroid dienone is 6. The molecule has 0 aromatic heterocycles. The highest BCUT2D eigenvalue weighted by Crippen LogP contribution is 2.20. The standard InChI is InChI=1S/C87H167NO5/c1-3-5-7-9-11-13-15-17-19-21-23-24-38-41-44-47-51-55-59-63-67-71-75-79-85(90)84(83-89)88-86(91)80-76-72-68-64-60-56-52-48-45-42-39-36-34-32-30-28-26-25-27-29-31-33-35-37-40-43-46-50-54-58-62-66-70-74-78-82-93-87(92)81-77-73-69-65-61-57-53-49-22-20-18-16-14-12-10-8-6-4-2/h20,22,27,29,33,35,84-85,89-90H,3-19,21,23-26,28,30-32,34,36-83H2,1-2H3,(H,88,91)/b22-20-,29-27-,35-33-. The van der Waals surface area contributed by atoms with E-state index in [9.17, 15) is 19.8 Å². The average Bonchev–Trinajstić information content (AvgIpc) is 3.72. The van der Waals surface area contributed by atoms with Gasteiger partial charge in [0.15, 0.2) is 0 Å². The summed E-state index contributed by atoms with van der Waals surface area (Å²) < 4.78 is 5.51. The molecule has 0 saturated carbocycles. The van der Waals surface area contributed by atoms with Gasteiger partial charge in [-0.3, -0.25) is 9.59 Å². The third kappa shape index (κ3) is 79.0. The first-order valence-corrected chi connectivity index (χ1v) is 42.7. The van der Waals surface area contributed by atoms with E-state index in [1.165, 1.54) is 398 Å². The Morgan fingerprint density at radius 1 is 0.301 bits per heavy atom. The number of aliphatic hydroxyl groups is 2. The van der Waals surface area contributed by atoms with Crippen molar-refractivity contribution in [3.05, 3.63) is 36.5 Å². The van der Waals surface area contributed by atoms with Gasteiger partial charge in [0, 0.05) is 12.8 Å². The highest BCUT2D eigenvalue weighted by Gasteiger charge is 2.20. The maximum Gasteiger partial charge on any atom is 0.305 e. The van der Waals surface area contributed by atoms with Crippen LogP contribution < -0.4 is 5.32 Å². The molecule has 6 heteroatoms. The number of amides is 1. The summed E-state index contributed by atoms with van der Waals surface area (Å²) in [6.45, 7) is 5.00. The molecule has 0 aliphatic rings. The second-order valence-corrected chi connectivity index (χ2v) is 29.5. The molecule has 0 saturated heterocycles. The van der Waals surface area contributed by atoms with Crippen LogP contribution in [0.5, 0.6) is 0 Å². The van der Waals surface area contributed by atoms with Gasteiger partial charge in [-0.1, -0.05) is 423 Å². The zero-order valence-electron chi connectivity index (χ0n) is 63.3. The van der Waals surface area contributed by atoms with Gasteiger partial charge in [0.05, 0.1) is 25.4 Å². The molecule has 0 aromatic carbocycles. The molecule has 0 fully saturated rings. The van der Waals surface area contributed by atoms with Gasteiger partial charge in [0.25, 0.3) is 0 Å². The molecule has 0 aliphatic carbocycles. The van der Waals surface area contributed by atoms with Gasteiger partial charge in [-0.15, -0.1) is 0 Å². The molecule has 0 aromatic rings. The number of rotatable bonds is 81. The number of unbranched alkanes of at least 4 members (excludes halogenated alkanes) is 64. The fourth-order valence-corrected chi connectivity index (χ4v) is 13.7. The fraction of sp³-hybridized carbons (Fsp3) is 0.908. The van der Waals surface area contributed by atoms with Crippen molar-refractivity contribution in [2.24, 2.45) is 0 Å². The molecule has 0 heterocycles. The van der Waals surface area contributed by atoms with E-state index in [4.69, 9.17) is 4.74 Å². The zero-order chi connectivity index (χ0) is 67.0. The molecule has 6 nitrogen and oxygen atoms in total. The molecule has 0 bridgehead atoms. The van der Waals surface area contributed by atoms with Crippen LogP contribution in [0.15, 0.2) is 36.5 Å². The zero-order valence-corrected chi connectivity index (χ0v) is 63.3. The predicted molar refractivity (Wildman–Crippen MR) is 412 cm³/mol. The van der Waals surface area contributed by atoms with Crippen molar-refractivity contribution in [2.75, 3.05) is 13.2 Å². The first-order valence-electron chi connectivity index (χ1n) is 42.7. The van der Waals surface area contributed by atoms with E-state index in [1.807, 2.05) is 0 Å². The van der Waals surface area contributed by atoms with Crippen molar-refractivity contribution >= 4 is 11.9 Å². The van der Waals surface area contributed by atoms with Crippen molar-refractivity contribution in [3.8, 4) is 0 Å². The minimum absolute atomic E-state index is 0.0149. The Hall–Kier alpha value is -1.92. The molecular weight excluding hydrogens is 1140 g/mol. The third-order valence-corrected chi connectivity index (χ3v) is 20.2. The fourth-order valence-electron chi connectivity index (χ4n) is 13.7. The topological polar surface area (TPSA) is 95.9 Å². The third-order valence-electron chi connectivity index (χ3n) is 20.2. The molecule has 0 aliphatic heterocycles. The van der Waals surface area contributed by atoms with Crippen molar-refractivity contribution in [2.45, 2.75) is 495 Å². The van der Waals surface area contributed by atoms with Gasteiger partial charge >= 0.3 is 5.97 Å². The van der Waals surface area contributed by atoms with Gasteiger partial charge in [0.1, 0.15) is 0 Å². The number of nitrogens with one attached hydrogen (secondary N) is 1. The SMILES string of the molecule is CCCCCCCCC/C=C\CCCCCCCCCC(=O)OCCCCCCCCCCCCC/C=C\C/C=C\CCCCCCCCCCCCCCCCCCCC(=O)NC(CO)C(O)CCCCCCCCCCCCCCCCCCCCCCCCC. The lowest BCUT2D eigenvalue weighted by atomic mass is 10.0. The summed E-state index contributed by atoms with van der Waals surface area (Å²) >= 11 is 0. The lowest BCUT2D eigenvalue weighted by molar-refractivity contribution is -0.143. The number of carbonyl (C=O) groups is 2. The Morgan fingerprint density at radius 3 is 0.828 bits per heavy atom. The quantitative estimate of drug-likeness (QED) is 0.0320. The number of aliphatic hydroxyl groups excluding tert-OH is 2. The minimum atomic E-state index is -0.664. The molecule has 93 heavy (non-hydrogen) atoms. The average molecular weight is 1310 g/mol. The number of carbonyl (C=O) groups excluding carboxylic acids is 2. The van der Waals surface area contributed by atoms with Gasteiger partial charge in [-0.05, 0) is 83.5 Å². The van der Waals surface area contributed by atoms with Crippen molar-refractivity contribution in [3.63, 3.8) is 0 Å². The summed E-state index contributed by atoms with van der Waals surface area (Å²) in [7, 11) is 0. The monoisotopic (exact) mass is 1310 g/mol. The van der Waals surface area contributed by atoms with Crippen molar-refractivity contribution < 1.29 is 24.5 Å². The largest absolute Gasteiger partial charge is 0.466 e. The van der Waals surface area contributed by atoms with Crippen LogP contribution in [0.4, 0.5) is 0 Å². The minimum Gasteiger partial charge on any atom is -0.466 e. The Kier molecular flexibility index (Phi) is 80.8. The van der Waals surface area contributed by atoms with Crippen LogP contribution in [0.2, 0.25) is 0 Å². The van der Waals surface area contributed by atoms with Crippen LogP contribution in [0.1, 0.15) is 483 Å². The number of ether oxygens (including phenoxy) is 1. The Balaban J connectivity index is 3.37. The summed E-state index contributed by atoms with van der Waals surface area (Å²) in [5, 5.41) is 23.5. The van der Waals surface area contributed by atoms with Gasteiger partial charge in [-0.2, -0.15) is 0 Å². The molecule has 3 N–H and O–H groups in total. The molecular formula is C87H167NO5. The maximum absolute atomic E-state index is 12.6. The van der Waals surface area contributed by atoms with Gasteiger partial charge in [0.2, 0.25) is 5.91 Å². The molecule has 1 amide bonds. The Morgan fingerprint density at radius 2 is 0.538 bits per heavy atom. The molecule has 550 valence electrons. The summed E-state index contributed by atoms with van der Waals surface area (Å²) in [6, 6.07) is -0.541. The van der Waals surface area contributed by atoms with Gasteiger partial charge < -0.3 is 20.3 Å². The van der Waals surface area contributed by atoms with Gasteiger partial charge in [-0.25, -0.2) is 0 Å². The number of esters is 1. The molecule has 0 spiro atoms. The van der Waals surface area contributed by atoms with Crippen LogP contribution in [0, 0.1) is 0 Å². The lowest BCUT2D eigenvalue weighted by Crippen LogP contribution is -2.45. The Bertz CT molecular complexity index is 1510. The number of hydrogen-bond donors (Lipinski definition) is 3.